The quantitative estimate of drug-likeness (QED) is 0.901. The third kappa shape index (κ3) is 3.99. The van der Waals surface area contributed by atoms with Crippen molar-refractivity contribution in [3.05, 3.63) is 29.6 Å². The number of amides is 1. The Kier molecular flexibility index (Phi) is 5.46. The van der Waals surface area contributed by atoms with Gasteiger partial charge in [-0.2, -0.15) is 11.8 Å². The van der Waals surface area contributed by atoms with E-state index in [1.54, 1.807) is 30.5 Å². The highest BCUT2D eigenvalue weighted by Crippen LogP contribution is 2.19. The summed E-state index contributed by atoms with van der Waals surface area (Å²) in [5, 5.41) is 0. The van der Waals surface area contributed by atoms with E-state index in [2.05, 4.69) is 4.72 Å². The fourth-order valence-corrected chi connectivity index (χ4v) is 4.42. The smallest absolute Gasteiger partial charge is 0.253 e. The highest BCUT2D eigenvalue weighted by molar-refractivity contribution is 7.99. The highest BCUT2D eigenvalue weighted by atomic mass is 32.2. The number of rotatable bonds is 4. The van der Waals surface area contributed by atoms with E-state index in [0.717, 1.165) is 23.6 Å². The Morgan fingerprint density at radius 2 is 1.95 bits per heavy atom. The third-order valence-electron chi connectivity index (χ3n) is 3.16. The number of hydrogen-bond acceptors (Lipinski definition) is 4. The van der Waals surface area contributed by atoms with Gasteiger partial charge in [-0.05, 0) is 32.0 Å². The van der Waals surface area contributed by atoms with Crippen molar-refractivity contribution in [2.75, 3.05) is 24.6 Å². The number of sulfonamides is 1. The molecule has 2 rings (SSSR count). The normalized spacial score (nSPS) is 16.1. The number of nitrogens with zero attached hydrogens (tertiary/aromatic N) is 1. The van der Waals surface area contributed by atoms with Crippen LogP contribution < -0.4 is 4.72 Å². The van der Waals surface area contributed by atoms with Gasteiger partial charge in [0.15, 0.2) is 0 Å². The lowest BCUT2D eigenvalue weighted by Crippen LogP contribution is -2.38. The molecule has 1 aliphatic rings. The Balaban J connectivity index is 2.32. The predicted molar refractivity (Wildman–Crippen MR) is 85.1 cm³/mol. The first-order chi connectivity index (χ1) is 10.3. The molecular formula is C14H19FN2O3S2. The van der Waals surface area contributed by atoms with Crippen molar-refractivity contribution in [3.8, 4) is 0 Å². The lowest BCUT2D eigenvalue weighted by molar-refractivity contribution is 0.0772. The standard InChI is InChI=1S/C14H19FN2O3S2/c1-10(2)16-22(19,20)13-9-11(3-4-12(13)15)14(18)17-5-7-21-8-6-17/h3-4,9-10,16H,5-8H2,1-2H3. The first-order valence-electron chi connectivity index (χ1n) is 7.00. The van der Waals surface area contributed by atoms with Gasteiger partial charge < -0.3 is 4.90 Å². The molecule has 0 atom stereocenters. The first-order valence-corrected chi connectivity index (χ1v) is 9.64. The zero-order chi connectivity index (χ0) is 16.3. The SMILES string of the molecule is CC(C)NS(=O)(=O)c1cc(C(=O)N2CCSCC2)ccc1F. The number of carbonyl (C=O) groups excluding carboxylic acids is 1. The summed E-state index contributed by atoms with van der Waals surface area (Å²) >= 11 is 1.77. The lowest BCUT2D eigenvalue weighted by atomic mass is 10.2. The van der Waals surface area contributed by atoms with Gasteiger partial charge in [-0.15, -0.1) is 0 Å². The van der Waals surface area contributed by atoms with Crippen LogP contribution in [0.2, 0.25) is 0 Å². The Bertz CT molecular complexity index is 656. The van der Waals surface area contributed by atoms with E-state index in [9.17, 15) is 17.6 Å². The molecule has 1 N–H and O–H groups in total. The first kappa shape index (κ1) is 17.2. The van der Waals surface area contributed by atoms with Crippen LogP contribution in [0.15, 0.2) is 23.1 Å². The van der Waals surface area contributed by atoms with Crippen LogP contribution in [0.1, 0.15) is 24.2 Å². The summed E-state index contributed by atoms with van der Waals surface area (Å²) in [6.45, 7) is 4.53. The molecule has 1 aromatic carbocycles. The van der Waals surface area contributed by atoms with Crippen molar-refractivity contribution in [3.63, 3.8) is 0 Å². The lowest BCUT2D eigenvalue weighted by Gasteiger charge is -2.26. The minimum atomic E-state index is -3.98. The summed E-state index contributed by atoms with van der Waals surface area (Å²) in [5.74, 6) is 0.584. The number of halogens is 1. The van der Waals surface area contributed by atoms with Crippen LogP contribution >= 0.6 is 11.8 Å². The molecule has 1 aromatic rings. The van der Waals surface area contributed by atoms with Crippen molar-refractivity contribution in [1.29, 1.82) is 0 Å². The molecule has 0 aromatic heterocycles. The second kappa shape index (κ2) is 6.97. The van der Waals surface area contributed by atoms with E-state index >= 15 is 0 Å². The van der Waals surface area contributed by atoms with Crippen LogP contribution in [0.4, 0.5) is 4.39 Å². The topological polar surface area (TPSA) is 66.5 Å². The second-order valence-electron chi connectivity index (χ2n) is 5.33. The number of carbonyl (C=O) groups is 1. The summed E-state index contributed by atoms with van der Waals surface area (Å²) in [4.78, 5) is 13.6. The van der Waals surface area contributed by atoms with Crippen LogP contribution in [-0.2, 0) is 10.0 Å². The molecular weight excluding hydrogens is 327 g/mol. The number of thioether (sulfide) groups is 1. The number of hydrogen-bond donors (Lipinski definition) is 1. The summed E-state index contributed by atoms with van der Waals surface area (Å²) < 4.78 is 40.5. The fraction of sp³-hybridized carbons (Fsp3) is 0.500. The molecule has 1 fully saturated rings. The van der Waals surface area contributed by atoms with Crippen molar-refractivity contribution in [2.45, 2.75) is 24.8 Å². The van der Waals surface area contributed by atoms with Crippen molar-refractivity contribution in [2.24, 2.45) is 0 Å². The van der Waals surface area contributed by atoms with Crippen LogP contribution in [0.5, 0.6) is 0 Å². The van der Waals surface area contributed by atoms with Gasteiger partial charge >= 0.3 is 0 Å². The summed E-state index contributed by atoms with van der Waals surface area (Å²) in [5.41, 5.74) is 0.192. The van der Waals surface area contributed by atoms with Gasteiger partial charge in [-0.25, -0.2) is 17.5 Å². The summed E-state index contributed by atoms with van der Waals surface area (Å²) in [6.07, 6.45) is 0. The molecule has 5 nitrogen and oxygen atoms in total. The van der Waals surface area contributed by atoms with E-state index in [4.69, 9.17) is 0 Å². The monoisotopic (exact) mass is 346 g/mol. The van der Waals surface area contributed by atoms with Crippen LogP contribution in [0, 0.1) is 5.82 Å². The average molecular weight is 346 g/mol. The molecule has 0 bridgehead atoms. The van der Waals surface area contributed by atoms with Crippen LogP contribution in [0.25, 0.3) is 0 Å². The van der Waals surface area contributed by atoms with E-state index in [1.807, 2.05) is 0 Å². The molecule has 8 heteroatoms. The maximum Gasteiger partial charge on any atom is 0.253 e. The Hall–Kier alpha value is -1.12. The van der Waals surface area contributed by atoms with E-state index in [-0.39, 0.29) is 17.5 Å². The summed E-state index contributed by atoms with van der Waals surface area (Å²) in [6, 6.07) is 3.11. The van der Waals surface area contributed by atoms with Gasteiger partial charge in [-0.1, -0.05) is 0 Å². The maximum absolute atomic E-state index is 13.9. The molecule has 22 heavy (non-hydrogen) atoms. The Labute approximate surface area is 134 Å². The van der Waals surface area contributed by atoms with Crippen molar-refractivity contribution in [1.82, 2.24) is 9.62 Å². The van der Waals surface area contributed by atoms with E-state index < -0.39 is 20.7 Å². The Morgan fingerprint density at radius 3 is 2.55 bits per heavy atom. The highest BCUT2D eigenvalue weighted by Gasteiger charge is 2.24. The van der Waals surface area contributed by atoms with Crippen LogP contribution in [0.3, 0.4) is 0 Å². The summed E-state index contributed by atoms with van der Waals surface area (Å²) in [7, 11) is -3.98. The number of nitrogens with one attached hydrogen (secondary N) is 1. The molecule has 1 aliphatic heterocycles. The largest absolute Gasteiger partial charge is 0.337 e. The predicted octanol–water partition coefficient (Wildman–Crippen LogP) is 1.70. The van der Waals surface area contributed by atoms with Gasteiger partial charge in [0, 0.05) is 36.2 Å². The second-order valence-corrected chi connectivity index (χ2v) is 8.23. The molecule has 1 saturated heterocycles. The average Bonchev–Trinajstić information content (AvgIpc) is 2.46. The Morgan fingerprint density at radius 1 is 1.32 bits per heavy atom. The van der Waals surface area contributed by atoms with E-state index in [1.165, 1.54) is 6.07 Å². The van der Waals surface area contributed by atoms with Gasteiger partial charge in [0.2, 0.25) is 10.0 Å². The molecule has 0 saturated carbocycles. The zero-order valence-electron chi connectivity index (χ0n) is 12.5. The van der Waals surface area contributed by atoms with Gasteiger partial charge in [-0.3, -0.25) is 4.79 Å². The van der Waals surface area contributed by atoms with Crippen molar-refractivity contribution < 1.29 is 17.6 Å². The number of benzene rings is 1. The van der Waals surface area contributed by atoms with Crippen LogP contribution in [-0.4, -0.2) is 49.9 Å². The van der Waals surface area contributed by atoms with Gasteiger partial charge in [0.25, 0.3) is 5.91 Å². The molecule has 1 heterocycles. The minimum absolute atomic E-state index is 0.192. The molecule has 0 unspecified atom stereocenters. The fourth-order valence-electron chi connectivity index (χ4n) is 2.17. The van der Waals surface area contributed by atoms with Gasteiger partial charge in [0.05, 0.1) is 0 Å². The molecule has 0 spiro atoms. The molecule has 0 radical (unpaired) electrons. The minimum Gasteiger partial charge on any atom is -0.337 e. The molecule has 0 aliphatic carbocycles. The van der Waals surface area contributed by atoms with Gasteiger partial charge in [0.1, 0.15) is 10.7 Å². The molecule has 1 amide bonds. The van der Waals surface area contributed by atoms with E-state index in [0.29, 0.717) is 13.1 Å². The molecule has 122 valence electrons. The van der Waals surface area contributed by atoms with Crippen molar-refractivity contribution >= 4 is 27.7 Å². The third-order valence-corrected chi connectivity index (χ3v) is 5.77. The zero-order valence-corrected chi connectivity index (χ0v) is 14.1. The maximum atomic E-state index is 13.9.